The van der Waals surface area contributed by atoms with Crippen LogP contribution in [0, 0.1) is 0 Å². The molecule has 144 valence electrons. The lowest BCUT2D eigenvalue weighted by atomic mass is 9.93. The number of carbonyl (C=O) groups excluding carboxylic acids is 3. The number of para-hydroxylation sites is 1. The zero-order valence-corrected chi connectivity index (χ0v) is 15.3. The number of nitrogens with one attached hydrogen (secondary N) is 2. The van der Waals surface area contributed by atoms with E-state index in [2.05, 4.69) is 20.9 Å². The van der Waals surface area contributed by atoms with E-state index in [-0.39, 0.29) is 36.6 Å². The summed E-state index contributed by atoms with van der Waals surface area (Å²) in [6.45, 7) is 1.89. The highest BCUT2D eigenvalue weighted by Crippen LogP contribution is 2.30. The SMILES string of the molecule is CCc1cc(NC(=O)Cn2nc(C3CCC(=O)NC3=O)c3ccccc32)on1. The first-order chi connectivity index (χ1) is 13.5. The van der Waals surface area contributed by atoms with E-state index in [1.165, 1.54) is 0 Å². The molecule has 0 spiro atoms. The summed E-state index contributed by atoms with van der Waals surface area (Å²) in [5.74, 6) is -1.19. The van der Waals surface area contributed by atoms with Crippen molar-refractivity contribution in [2.24, 2.45) is 0 Å². The molecular formula is C19H19N5O4. The molecule has 1 saturated heterocycles. The van der Waals surface area contributed by atoms with Gasteiger partial charge in [-0.1, -0.05) is 30.3 Å². The van der Waals surface area contributed by atoms with Crippen LogP contribution < -0.4 is 10.6 Å². The molecular weight excluding hydrogens is 362 g/mol. The number of aryl methyl sites for hydroxylation is 1. The molecule has 1 aliphatic rings. The number of rotatable bonds is 5. The minimum atomic E-state index is -0.520. The first-order valence-corrected chi connectivity index (χ1v) is 9.09. The van der Waals surface area contributed by atoms with Crippen LogP contribution in [0.15, 0.2) is 34.9 Å². The van der Waals surface area contributed by atoms with Crippen molar-refractivity contribution in [3.8, 4) is 0 Å². The van der Waals surface area contributed by atoms with Crippen molar-refractivity contribution in [2.45, 2.75) is 38.6 Å². The van der Waals surface area contributed by atoms with Crippen molar-refractivity contribution < 1.29 is 18.9 Å². The van der Waals surface area contributed by atoms with Crippen LogP contribution in [0.25, 0.3) is 10.9 Å². The van der Waals surface area contributed by atoms with Gasteiger partial charge in [0.2, 0.25) is 23.6 Å². The first-order valence-electron chi connectivity index (χ1n) is 9.09. The molecule has 1 fully saturated rings. The molecule has 2 aromatic heterocycles. The Morgan fingerprint density at radius 3 is 2.93 bits per heavy atom. The van der Waals surface area contributed by atoms with Crippen molar-refractivity contribution in [1.82, 2.24) is 20.3 Å². The number of amides is 3. The fraction of sp³-hybridized carbons (Fsp3) is 0.316. The van der Waals surface area contributed by atoms with Gasteiger partial charge in [-0.25, -0.2) is 0 Å². The van der Waals surface area contributed by atoms with Crippen LogP contribution in [0.1, 0.15) is 37.1 Å². The largest absolute Gasteiger partial charge is 0.338 e. The molecule has 28 heavy (non-hydrogen) atoms. The lowest BCUT2D eigenvalue weighted by Crippen LogP contribution is -2.39. The normalized spacial score (nSPS) is 17.0. The highest BCUT2D eigenvalue weighted by atomic mass is 16.5. The summed E-state index contributed by atoms with van der Waals surface area (Å²) in [5.41, 5.74) is 2.06. The summed E-state index contributed by atoms with van der Waals surface area (Å²) in [4.78, 5) is 36.1. The quantitative estimate of drug-likeness (QED) is 0.650. The van der Waals surface area contributed by atoms with Crippen LogP contribution in [-0.2, 0) is 27.3 Å². The van der Waals surface area contributed by atoms with Gasteiger partial charge in [-0.05, 0) is 18.9 Å². The summed E-state index contributed by atoms with van der Waals surface area (Å²) in [6, 6.07) is 9.07. The monoisotopic (exact) mass is 381 g/mol. The van der Waals surface area contributed by atoms with E-state index >= 15 is 0 Å². The number of anilines is 1. The first kappa shape index (κ1) is 17.9. The number of hydrogen-bond donors (Lipinski definition) is 2. The number of carbonyl (C=O) groups is 3. The molecule has 3 aromatic rings. The van der Waals surface area contributed by atoms with E-state index in [1.54, 1.807) is 10.7 Å². The molecule has 4 rings (SSSR count). The molecule has 0 saturated carbocycles. The second kappa shape index (κ2) is 7.26. The van der Waals surface area contributed by atoms with Gasteiger partial charge in [0.1, 0.15) is 6.54 Å². The van der Waals surface area contributed by atoms with E-state index in [0.29, 0.717) is 18.5 Å². The highest BCUT2D eigenvalue weighted by molar-refractivity contribution is 6.02. The number of fused-ring (bicyclic) bond motifs is 1. The zero-order valence-electron chi connectivity index (χ0n) is 15.3. The number of imide groups is 1. The number of benzene rings is 1. The molecule has 9 nitrogen and oxygen atoms in total. The fourth-order valence-electron chi connectivity index (χ4n) is 3.34. The molecule has 3 heterocycles. The Labute approximate surface area is 160 Å². The minimum absolute atomic E-state index is 0.0457. The molecule has 1 aromatic carbocycles. The van der Waals surface area contributed by atoms with E-state index in [1.807, 2.05) is 31.2 Å². The number of piperidine rings is 1. The second-order valence-electron chi connectivity index (χ2n) is 6.65. The molecule has 1 unspecified atom stereocenters. The van der Waals surface area contributed by atoms with Crippen molar-refractivity contribution in [3.05, 3.63) is 41.7 Å². The maximum atomic E-state index is 12.4. The fourth-order valence-corrected chi connectivity index (χ4v) is 3.34. The Morgan fingerprint density at radius 1 is 1.36 bits per heavy atom. The lowest BCUT2D eigenvalue weighted by Gasteiger charge is -2.19. The van der Waals surface area contributed by atoms with Gasteiger partial charge in [-0.2, -0.15) is 5.10 Å². The minimum Gasteiger partial charge on any atom is -0.338 e. The summed E-state index contributed by atoms with van der Waals surface area (Å²) in [5, 5.41) is 14.2. The molecule has 3 amide bonds. The van der Waals surface area contributed by atoms with E-state index in [0.717, 1.165) is 16.6 Å². The van der Waals surface area contributed by atoms with Crippen LogP contribution in [-0.4, -0.2) is 32.7 Å². The maximum absolute atomic E-state index is 12.4. The Bertz CT molecular complexity index is 1070. The van der Waals surface area contributed by atoms with Crippen molar-refractivity contribution in [1.29, 1.82) is 0 Å². The van der Waals surface area contributed by atoms with Crippen molar-refractivity contribution in [2.75, 3.05) is 5.32 Å². The van der Waals surface area contributed by atoms with Gasteiger partial charge in [0.15, 0.2) is 0 Å². The predicted molar refractivity (Wildman–Crippen MR) is 99.4 cm³/mol. The standard InChI is InChI=1S/C19H19N5O4/c1-2-11-9-17(28-23-11)20-16(26)10-24-14-6-4-3-5-12(14)18(22-24)13-7-8-15(25)21-19(13)27/h3-6,9,13H,2,7-8,10H2,1H3,(H,20,26)(H,21,25,27). The third-order valence-electron chi connectivity index (χ3n) is 4.73. The van der Waals surface area contributed by atoms with Crippen LogP contribution >= 0.6 is 0 Å². The smallest absolute Gasteiger partial charge is 0.248 e. The summed E-state index contributed by atoms with van der Waals surface area (Å²) >= 11 is 0. The second-order valence-corrected chi connectivity index (χ2v) is 6.65. The third kappa shape index (κ3) is 3.38. The van der Waals surface area contributed by atoms with E-state index in [9.17, 15) is 14.4 Å². The third-order valence-corrected chi connectivity index (χ3v) is 4.73. The van der Waals surface area contributed by atoms with Crippen molar-refractivity contribution in [3.63, 3.8) is 0 Å². The Balaban J connectivity index is 1.60. The van der Waals surface area contributed by atoms with Gasteiger partial charge in [-0.3, -0.25) is 29.7 Å². The van der Waals surface area contributed by atoms with Gasteiger partial charge < -0.3 is 4.52 Å². The van der Waals surface area contributed by atoms with Gasteiger partial charge in [-0.15, -0.1) is 0 Å². The van der Waals surface area contributed by atoms with Crippen LogP contribution in [0.3, 0.4) is 0 Å². The number of nitrogens with zero attached hydrogens (tertiary/aromatic N) is 3. The predicted octanol–water partition coefficient (Wildman–Crippen LogP) is 1.75. The average molecular weight is 381 g/mol. The highest BCUT2D eigenvalue weighted by Gasteiger charge is 2.31. The van der Waals surface area contributed by atoms with E-state index in [4.69, 9.17) is 4.52 Å². The molecule has 1 aliphatic heterocycles. The zero-order chi connectivity index (χ0) is 19.7. The summed E-state index contributed by atoms with van der Waals surface area (Å²) < 4.78 is 6.64. The van der Waals surface area contributed by atoms with E-state index < -0.39 is 5.92 Å². The topological polar surface area (TPSA) is 119 Å². The summed E-state index contributed by atoms with van der Waals surface area (Å²) in [7, 11) is 0. The molecule has 1 atom stereocenters. The summed E-state index contributed by atoms with van der Waals surface area (Å²) in [6.07, 6.45) is 1.37. The van der Waals surface area contributed by atoms with Crippen molar-refractivity contribution >= 4 is 34.5 Å². The molecule has 0 radical (unpaired) electrons. The Kier molecular flexibility index (Phi) is 4.64. The lowest BCUT2D eigenvalue weighted by molar-refractivity contribution is -0.134. The number of hydrogen-bond acceptors (Lipinski definition) is 6. The Morgan fingerprint density at radius 2 is 2.18 bits per heavy atom. The molecule has 0 aliphatic carbocycles. The van der Waals surface area contributed by atoms with Gasteiger partial charge in [0.05, 0.1) is 22.8 Å². The average Bonchev–Trinajstić information content (AvgIpc) is 3.27. The van der Waals surface area contributed by atoms with Crippen LogP contribution in [0.5, 0.6) is 0 Å². The molecule has 0 bridgehead atoms. The van der Waals surface area contributed by atoms with Crippen LogP contribution in [0.2, 0.25) is 0 Å². The van der Waals surface area contributed by atoms with Gasteiger partial charge in [0, 0.05) is 17.9 Å². The van der Waals surface area contributed by atoms with Gasteiger partial charge in [0.25, 0.3) is 0 Å². The Hall–Kier alpha value is -3.49. The van der Waals surface area contributed by atoms with Crippen LogP contribution in [0.4, 0.5) is 5.88 Å². The molecule has 9 heteroatoms. The maximum Gasteiger partial charge on any atom is 0.248 e. The van der Waals surface area contributed by atoms with Gasteiger partial charge >= 0.3 is 0 Å². The number of aromatic nitrogens is 3. The molecule has 2 N–H and O–H groups in total.